The van der Waals surface area contributed by atoms with Gasteiger partial charge in [0.25, 0.3) is 0 Å². The summed E-state index contributed by atoms with van der Waals surface area (Å²) < 4.78 is 0. The molecule has 0 heterocycles. The topological polar surface area (TPSA) is 26.0 Å². The highest BCUT2D eigenvalue weighted by atomic mass is 14.5. The maximum absolute atomic E-state index is 5.26. The summed E-state index contributed by atoms with van der Waals surface area (Å²) in [5.74, 6) is 0. The fraction of sp³-hybridized carbons (Fsp3) is 0.400. The van der Waals surface area contributed by atoms with Crippen molar-refractivity contribution < 1.29 is 0 Å². The first kappa shape index (κ1) is 10.2. The predicted octanol–water partition coefficient (Wildman–Crippen LogP) is 2.41. The molecule has 0 amide bonds. The number of allylic oxidation sites excluding steroid dienone is 5. The first-order chi connectivity index (χ1) is 5.31. The molecular formula is C10H17N. The maximum Gasteiger partial charge on any atom is 0.0109 e. The van der Waals surface area contributed by atoms with Gasteiger partial charge in [0, 0.05) is 6.54 Å². The van der Waals surface area contributed by atoms with Crippen LogP contribution in [-0.4, -0.2) is 6.54 Å². The van der Waals surface area contributed by atoms with E-state index in [0.29, 0.717) is 6.54 Å². The van der Waals surface area contributed by atoms with Crippen LogP contribution in [-0.2, 0) is 0 Å². The molecule has 0 atom stereocenters. The highest BCUT2D eigenvalue weighted by Gasteiger charge is 1.78. The summed E-state index contributed by atoms with van der Waals surface area (Å²) >= 11 is 0. The normalized spacial score (nSPS) is 13.5. The first-order valence-electron chi connectivity index (χ1n) is 3.94. The lowest BCUT2D eigenvalue weighted by atomic mass is 10.2. The summed E-state index contributed by atoms with van der Waals surface area (Å²) in [4.78, 5) is 0. The molecule has 2 N–H and O–H groups in total. The number of hydrogen-bond donors (Lipinski definition) is 1. The van der Waals surface area contributed by atoms with Crippen molar-refractivity contribution in [1.29, 1.82) is 0 Å². The third-order valence-corrected chi connectivity index (χ3v) is 1.45. The average Bonchev–Trinajstić information content (AvgIpc) is 2.04. The molecule has 62 valence electrons. The Hall–Kier alpha value is -0.820. The van der Waals surface area contributed by atoms with E-state index in [-0.39, 0.29) is 0 Å². The fourth-order valence-corrected chi connectivity index (χ4v) is 0.607. The van der Waals surface area contributed by atoms with Gasteiger partial charge in [-0.15, -0.1) is 0 Å². The standard InChI is InChI=1S/C10H17N/c1-3-10(2)8-6-4-5-7-9-11/h3-7H,8-9,11H2,1-2H3/b6-4-,7-5-,10-3-. The van der Waals surface area contributed by atoms with Gasteiger partial charge in [0.1, 0.15) is 0 Å². The van der Waals surface area contributed by atoms with E-state index in [1.165, 1.54) is 5.57 Å². The van der Waals surface area contributed by atoms with Crippen molar-refractivity contribution in [3.8, 4) is 0 Å². The predicted molar refractivity (Wildman–Crippen MR) is 51.4 cm³/mol. The van der Waals surface area contributed by atoms with Crippen LogP contribution in [0.1, 0.15) is 20.3 Å². The van der Waals surface area contributed by atoms with Gasteiger partial charge in [-0.2, -0.15) is 0 Å². The summed E-state index contributed by atoms with van der Waals surface area (Å²) in [6.45, 7) is 4.79. The minimum absolute atomic E-state index is 0.618. The number of nitrogens with two attached hydrogens (primary N) is 1. The summed E-state index contributed by atoms with van der Waals surface area (Å²) in [7, 11) is 0. The van der Waals surface area contributed by atoms with Crippen LogP contribution in [0, 0.1) is 0 Å². The van der Waals surface area contributed by atoms with Crippen LogP contribution < -0.4 is 5.73 Å². The summed E-state index contributed by atoms with van der Waals surface area (Å²) in [6, 6.07) is 0. The van der Waals surface area contributed by atoms with E-state index in [1.807, 2.05) is 18.2 Å². The van der Waals surface area contributed by atoms with E-state index in [0.717, 1.165) is 6.42 Å². The Labute approximate surface area is 69.3 Å². The van der Waals surface area contributed by atoms with Crippen LogP contribution in [0.2, 0.25) is 0 Å². The second-order valence-corrected chi connectivity index (χ2v) is 2.43. The van der Waals surface area contributed by atoms with Crippen LogP contribution in [0.3, 0.4) is 0 Å². The van der Waals surface area contributed by atoms with E-state index < -0.39 is 0 Å². The molecule has 0 aromatic carbocycles. The Bertz CT molecular complexity index is 164. The lowest BCUT2D eigenvalue weighted by Crippen LogP contribution is -1.91. The van der Waals surface area contributed by atoms with Crippen molar-refractivity contribution in [2.45, 2.75) is 20.3 Å². The molecule has 0 saturated heterocycles. The molecule has 0 bridgehead atoms. The molecular weight excluding hydrogens is 134 g/mol. The third-order valence-electron chi connectivity index (χ3n) is 1.45. The third kappa shape index (κ3) is 7.07. The Morgan fingerprint density at radius 2 is 1.91 bits per heavy atom. The summed E-state index contributed by atoms with van der Waals surface area (Å²) in [6.07, 6.45) is 11.2. The van der Waals surface area contributed by atoms with Crippen LogP contribution in [0.15, 0.2) is 36.0 Å². The Balaban J connectivity index is 3.53. The molecule has 0 radical (unpaired) electrons. The van der Waals surface area contributed by atoms with Crippen LogP contribution in [0.25, 0.3) is 0 Å². The van der Waals surface area contributed by atoms with Crippen LogP contribution >= 0.6 is 0 Å². The van der Waals surface area contributed by atoms with Gasteiger partial charge in [0.2, 0.25) is 0 Å². The lowest BCUT2D eigenvalue weighted by molar-refractivity contribution is 1.20. The smallest absolute Gasteiger partial charge is 0.0109 e. The maximum atomic E-state index is 5.26. The van der Waals surface area contributed by atoms with Crippen molar-refractivity contribution in [2.75, 3.05) is 6.54 Å². The molecule has 0 aliphatic rings. The molecule has 0 fully saturated rings. The minimum atomic E-state index is 0.618. The Kier molecular flexibility index (Phi) is 6.75. The highest BCUT2D eigenvalue weighted by molar-refractivity contribution is 5.09. The molecule has 0 aliphatic heterocycles. The average molecular weight is 151 g/mol. The molecule has 0 saturated carbocycles. The second-order valence-electron chi connectivity index (χ2n) is 2.43. The van der Waals surface area contributed by atoms with Gasteiger partial charge in [-0.05, 0) is 20.3 Å². The molecule has 11 heavy (non-hydrogen) atoms. The monoisotopic (exact) mass is 151 g/mol. The second kappa shape index (κ2) is 7.29. The van der Waals surface area contributed by atoms with Gasteiger partial charge in [0.05, 0.1) is 0 Å². The summed E-state index contributed by atoms with van der Waals surface area (Å²) in [5, 5.41) is 0. The number of rotatable bonds is 4. The zero-order valence-electron chi connectivity index (χ0n) is 7.38. The van der Waals surface area contributed by atoms with E-state index in [9.17, 15) is 0 Å². The van der Waals surface area contributed by atoms with Gasteiger partial charge < -0.3 is 5.73 Å². The van der Waals surface area contributed by atoms with Crippen molar-refractivity contribution in [3.05, 3.63) is 36.0 Å². The fourth-order valence-electron chi connectivity index (χ4n) is 0.607. The zero-order valence-corrected chi connectivity index (χ0v) is 7.38. The molecule has 0 aromatic rings. The molecule has 1 nitrogen and oxygen atoms in total. The number of hydrogen-bond acceptors (Lipinski definition) is 1. The van der Waals surface area contributed by atoms with Gasteiger partial charge in [-0.3, -0.25) is 0 Å². The van der Waals surface area contributed by atoms with E-state index in [2.05, 4.69) is 26.0 Å². The van der Waals surface area contributed by atoms with E-state index >= 15 is 0 Å². The van der Waals surface area contributed by atoms with Gasteiger partial charge in [-0.25, -0.2) is 0 Å². The van der Waals surface area contributed by atoms with Crippen molar-refractivity contribution in [3.63, 3.8) is 0 Å². The SMILES string of the molecule is C/C=C(/C)C/C=C\C=C/CN. The lowest BCUT2D eigenvalue weighted by Gasteiger charge is -1.89. The zero-order chi connectivity index (χ0) is 8.53. The Morgan fingerprint density at radius 3 is 2.45 bits per heavy atom. The largest absolute Gasteiger partial charge is 0.327 e. The highest BCUT2D eigenvalue weighted by Crippen LogP contribution is 1.99. The van der Waals surface area contributed by atoms with Gasteiger partial charge in [0.15, 0.2) is 0 Å². The molecule has 1 heteroatoms. The van der Waals surface area contributed by atoms with Crippen molar-refractivity contribution in [2.24, 2.45) is 5.73 Å². The molecule has 0 aromatic heterocycles. The van der Waals surface area contributed by atoms with Crippen molar-refractivity contribution in [1.82, 2.24) is 0 Å². The van der Waals surface area contributed by atoms with Crippen LogP contribution in [0.5, 0.6) is 0 Å². The van der Waals surface area contributed by atoms with Gasteiger partial charge >= 0.3 is 0 Å². The molecule has 0 unspecified atom stereocenters. The van der Waals surface area contributed by atoms with Crippen molar-refractivity contribution >= 4 is 0 Å². The van der Waals surface area contributed by atoms with E-state index in [4.69, 9.17) is 5.73 Å². The molecule has 0 spiro atoms. The first-order valence-corrected chi connectivity index (χ1v) is 3.94. The van der Waals surface area contributed by atoms with Crippen LogP contribution in [0.4, 0.5) is 0 Å². The summed E-state index contributed by atoms with van der Waals surface area (Å²) in [5.41, 5.74) is 6.66. The molecule has 0 aliphatic carbocycles. The Morgan fingerprint density at radius 1 is 1.27 bits per heavy atom. The quantitative estimate of drug-likeness (QED) is 0.484. The minimum Gasteiger partial charge on any atom is -0.327 e. The van der Waals surface area contributed by atoms with E-state index in [1.54, 1.807) is 0 Å². The molecule has 0 rings (SSSR count). The van der Waals surface area contributed by atoms with Gasteiger partial charge in [-0.1, -0.05) is 36.0 Å².